The second-order valence-corrected chi connectivity index (χ2v) is 8.38. The summed E-state index contributed by atoms with van der Waals surface area (Å²) in [6.45, 7) is 5.44. The van der Waals surface area contributed by atoms with Crippen LogP contribution in [0.15, 0.2) is 40.9 Å². The van der Waals surface area contributed by atoms with Crippen molar-refractivity contribution in [2.24, 2.45) is 0 Å². The molecule has 2 aromatic carbocycles. The third kappa shape index (κ3) is 4.76. The SMILES string of the molecule is CC(C)(C)OC(=O)Nc1cc2ccccc2cc1C(=O)NCc1nc(C2CC2)no1. The first-order valence-electron chi connectivity index (χ1n) is 9.92. The third-order valence-corrected chi connectivity index (χ3v) is 4.59. The summed E-state index contributed by atoms with van der Waals surface area (Å²) in [5, 5.41) is 11.2. The zero-order valence-electron chi connectivity index (χ0n) is 17.2. The van der Waals surface area contributed by atoms with Crippen molar-refractivity contribution in [3.8, 4) is 0 Å². The lowest BCUT2D eigenvalue weighted by molar-refractivity contribution is 0.0636. The predicted octanol–water partition coefficient (Wildman–Crippen LogP) is 4.38. The number of nitrogens with zero attached hydrogens (tertiary/aromatic N) is 2. The molecule has 3 aromatic rings. The Morgan fingerprint density at radius 3 is 2.53 bits per heavy atom. The van der Waals surface area contributed by atoms with E-state index in [0.717, 1.165) is 23.6 Å². The Balaban J connectivity index is 1.55. The fraction of sp³-hybridized carbons (Fsp3) is 0.364. The summed E-state index contributed by atoms with van der Waals surface area (Å²) in [6, 6.07) is 11.1. The van der Waals surface area contributed by atoms with Gasteiger partial charge in [0.1, 0.15) is 5.60 Å². The molecule has 4 rings (SSSR count). The summed E-state index contributed by atoms with van der Waals surface area (Å²) >= 11 is 0. The zero-order valence-corrected chi connectivity index (χ0v) is 17.2. The molecule has 2 amide bonds. The number of nitrogens with one attached hydrogen (secondary N) is 2. The molecule has 0 spiro atoms. The van der Waals surface area contributed by atoms with Crippen LogP contribution >= 0.6 is 0 Å². The van der Waals surface area contributed by atoms with Crippen LogP contribution in [0.1, 0.15) is 61.6 Å². The van der Waals surface area contributed by atoms with Gasteiger partial charge in [-0.3, -0.25) is 10.1 Å². The molecule has 30 heavy (non-hydrogen) atoms. The van der Waals surface area contributed by atoms with Crippen molar-refractivity contribution in [2.45, 2.75) is 51.7 Å². The highest BCUT2D eigenvalue weighted by Crippen LogP contribution is 2.38. The van der Waals surface area contributed by atoms with E-state index in [-0.39, 0.29) is 12.5 Å². The lowest BCUT2D eigenvalue weighted by atomic mass is 10.0. The van der Waals surface area contributed by atoms with E-state index in [1.807, 2.05) is 24.3 Å². The molecule has 0 unspecified atom stereocenters. The van der Waals surface area contributed by atoms with Gasteiger partial charge < -0.3 is 14.6 Å². The van der Waals surface area contributed by atoms with Crippen LogP contribution in [0.4, 0.5) is 10.5 Å². The van der Waals surface area contributed by atoms with Gasteiger partial charge in [-0.05, 0) is 56.5 Å². The maximum atomic E-state index is 12.9. The van der Waals surface area contributed by atoms with E-state index in [1.165, 1.54) is 0 Å². The standard InChI is InChI=1S/C22H24N4O4/c1-22(2,3)29-21(28)24-17-11-15-7-5-4-6-14(15)10-16(17)20(27)23-12-18-25-19(26-30-18)13-8-9-13/h4-7,10-11,13H,8-9,12H2,1-3H3,(H,23,27)(H,24,28). The van der Waals surface area contributed by atoms with Gasteiger partial charge in [-0.2, -0.15) is 4.98 Å². The molecule has 156 valence electrons. The van der Waals surface area contributed by atoms with Crippen LogP contribution in [0.5, 0.6) is 0 Å². The van der Waals surface area contributed by atoms with Crippen LogP contribution in [0.25, 0.3) is 10.8 Å². The molecule has 8 nitrogen and oxygen atoms in total. The average molecular weight is 408 g/mol. The van der Waals surface area contributed by atoms with Gasteiger partial charge in [0.25, 0.3) is 5.91 Å². The number of amides is 2. The summed E-state index contributed by atoms with van der Waals surface area (Å²) in [7, 11) is 0. The van der Waals surface area contributed by atoms with Gasteiger partial charge in [-0.25, -0.2) is 4.79 Å². The minimum atomic E-state index is -0.652. The molecule has 0 atom stereocenters. The van der Waals surface area contributed by atoms with E-state index in [4.69, 9.17) is 9.26 Å². The Morgan fingerprint density at radius 1 is 1.17 bits per heavy atom. The second kappa shape index (κ2) is 7.78. The quantitative estimate of drug-likeness (QED) is 0.649. The van der Waals surface area contributed by atoms with Gasteiger partial charge >= 0.3 is 6.09 Å². The molecule has 1 fully saturated rings. The average Bonchev–Trinajstić information content (AvgIpc) is 3.42. The van der Waals surface area contributed by atoms with Crippen LogP contribution < -0.4 is 10.6 Å². The topological polar surface area (TPSA) is 106 Å². The van der Waals surface area contributed by atoms with Gasteiger partial charge in [-0.15, -0.1) is 0 Å². The van der Waals surface area contributed by atoms with Crippen molar-refractivity contribution in [1.82, 2.24) is 15.5 Å². The van der Waals surface area contributed by atoms with E-state index in [2.05, 4.69) is 20.8 Å². The van der Waals surface area contributed by atoms with Gasteiger partial charge in [0.2, 0.25) is 5.89 Å². The van der Waals surface area contributed by atoms with Crippen LogP contribution in [0.3, 0.4) is 0 Å². The third-order valence-electron chi connectivity index (χ3n) is 4.59. The number of rotatable bonds is 5. The Morgan fingerprint density at radius 2 is 1.87 bits per heavy atom. The molecule has 0 aliphatic heterocycles. The van der Waals surface area contributed by atoms with Crippen molar-refractivity contribution < 1.29 is 18.8 Å². The maximum absolute atomic E-state index is 12.9. The molecule has 1 heterocycles. The van der Waals surface area contributed by atoms with Crippen LogP contribution in [-0.4, -0.2) is 27.7 Å². The Labute approximate surface area is 174 Å². The van der Waals surface area contributed by atoms with E-state index in [0.29, 0.717) is 28.9 Å². The highest BCUT2D eigenvalue weighted by Gasteiger charge is 2.29. The van der Waals surface area contributed by atoms with Gasteiger partial charge in [-0.1, -0.05) is 29.4 Å². The van der Waals surface area contributed by atoms with E-state index < -0.39 is 11.7 Å². The first-order chi connectivity index (χ1) is 14.3. The first-order valence-corrected chi connectivity index (χ1v) is 9.92. The van der Waals surface area contributed by atoms with Crippen molar-refractivity contribution in [3.63, 3.8) is 0 Å². The number of hydrogen-bond donors (Lipinski definition) is 2. The minimum Gasteiger partial charge on any atom is -0.444 e. The number of benzene rings is 2. The molecule has 2 N–H and O–H groups in total. The zero-order chi connectivity index (χ0) is 21.3. The summed E-state index contributed by atoms with van der Waals surface area (Å²) in [6.07, 6.45) is 1.52. The van der Waals surface area contributed by atoms with Crippen molar-refractivity contribution in [3.05, 3.63) is 53.7 Å². The van der Waals surface area contributed by atoms with Gasteiger partial charge in [0, 0.05) is 5.92 Å². The number of fused-ring (bicyclic) bond motifs is 1. The molecule has 8 heteroatoms. The fourth-order valence-electron chi connectivity index (χ4n) is 3.04. The van der Waals surface area contributed by atoms with Gasteiger partial charge in [0.05, 0.1) is 17.8 Å². The number of anilines is 1. The number of hydrogen-bond acceptors (Lipinski definition) is 6. The van der Waals surface area contributed by atoms with Crippen LogP contribution in [-0.2, 0) is 11.3 Å². The molecule has 0 bridgehead atoms. The lowest BCUT2D eigenvalue weighted by Crippen LogP contribution is -2.29. The summed E-state index contributed by atoms with van der Waals surface area (Å²) in [5.74, 6) is 1.06. The molecular formula is C22H24N4O4. The summed E-state index contributed by atoms with van der Waals surface area (Å²) < 4.78 is 10.5. The Hall–Kier alpha value is -3.42. The molecule has 1 saturated carbocycles. The molecule has 1 aliphatic rings. The van der Waals surface area contributed by atoms with Crippen LogP contribution in [0.2, 0.25) is 0 Å². The minimum absolute atomic E-state index is 0.108. The lowest BCUT2D eigenvalue weighted by Gasteiger charge is -2.20. The maximum Gasteiger partial charge on any atom is 0.412 e. The molecule has 1 aromatic heterocycles. The second-order valence-electron chi connectivity index (χ2n) is 8.38. The Kier molecular flexibility index (Phi) is 5.15. The highest BCUT2D eigenvalue weighted by molar-refractivity contribution is 6.07. The van der Waals surface area contributed by atoms with E-state index >= 15 is 0 Å². The first kappa shape index (κ1) is 19.9. The van der Waals surface area contributed by atoms with Gasteiger partial charge in [0.15, 0.2) is 5.82 Å². The van der Waals surface area contributed by atoms with Crippen molar-refractivity contribution >= 4 is 28.5 Å². The van der Waals surface area contributed by atoms with Crippen molar-refractivity contribution in [1.29, 1.82) is 0 Å². The fourth-order valence-corrected chi connectivity index (χ4v) is 3.04. The summed E-state index contributed by atoms with van der Waals surface area (Å²) in [4.78, 5) is 29.5. The largest absolute Gasteiger partial charge is 0.444 e. The monoisotopic (exact) mass is 408 g/mol. The van der Waals surface area contributed by atoms with Crippen molar-refractivity contribution in [2.75, 3.05) is 5.32 Å². The molecule has 1 aliphatic carbocycles. The molecule has 0 saturated heterocycles. The Bertz CT molecular complexity index is 1100. The predicted molar refractivity (Wildman–Crippen MR) is 111 cm³/mol. The highest BCUT2D eigenvalue weighted by atomic mass is 16.6. The number of carbonyl (C=O) groups excluding carboxylic acids is 2. The number of carbonyl (C=O) groups is 2. The van der Waals surface area contributed by atoms with E-state index in [1.54, 1.807) is 32.9 Å². The smallest absolute Gasteiger partial charge is 0.412 e. The number of ether oxygens (including phenoxy) is 1. The summed E-state index contributed by atoms with van der Waals surface area (Å²) in [5.41, 5.74) is 0.0340. The van der Waals surface area contributed by atoms with E-state index in [9.17, 15) is 9.59 Å². The molecule has 0 radical (unpaired) electrons. The number of aromatic nitrogens is 2. The normalized spacial score (nSPS) is 13.8. The molecular weight excluding hydrogens is 384 g/mol. The van der Waals surface area contributed by atoms with Crippen LogP contribution in [0, 0.1) is 0 Å².